The lowest BCUT2D eigenvalue weighted by atomic mass is 10.0. The Morgan fingerprint density at radius 2 is 1.68 bits per heavy atom. The molecule has 4 rings (SSSR count). The maximum atomic E-state index is 12.8. The van der Waals surface area contributed by atoms with Gasteiger partial charge in [-0.25, -0.2) is 9.78 Å². The minimum Gasteiger partial charge on any atom is -0.490 e. The molecule has 0 saturated heterocycles. The van der Waals surface area contributed by atoms with Crippen molar-refractivity contribution in [2.75, 3.05) is 11.9 Å². The van der Waals surface area contributed by atoms with Crippen LogP contribution in [0.25, 0.3) is 16.9 Å². The summed E-state index contributed by atoms with van der Waals surface area (Å²) in [5.74, 6) is 0.0878. The molecule has 1 saturated carbocycles. The number of aromatic nitrogens is 5. The van der Waals surface area contributed by atoms with Gasteiger partial charge in [-0.2, -0.15) is 36.0 Å². The van der Waals surface area contributed by atoms with E-state index in [0.717, 1.165) is 37.8 Å². The fourth-order valence-electron chi connectivity index (χ4n) is 3.42. The van der Waals surface area contributed by atoms with Crippen LogP contribution in [0.5, 0.6) is 5.75 Å². The highest BCUT2D eigenvalue weighted by Crippen LogP contribution is 2.43. The second kappa shape index (κ2) is 10.6. The maximum Gasteiger partial charge on any atom is 0.429 e. The van der Waals surface area contributed by atoms with Gasteiger partial charge in [-0.1, -0.05) is 18.1 Å². The first-order valence-corrected chi connectivity index (χ1v) is 10.6. The first kappa shape index (κ1) is 27.7. The number of anilines is 1. The Balaban J connectivity index is 0.000000886. The summed E-state index contributed by atoms with van der Waals surface area (Å²) in [6, 6.07) is 5.28. The maximum absolute atomic E-state index is 12.8. The summed E-state index contributed by atoms with van der Waals surface area (Å²) < 4.78 is 82.6. The van der Waals surface area contributed by atoms with E-state index < -0.39 is 30.7 Å². The van der Waals surface area contributed by atoms with E-state index in [1.54, 1.807) is 0 Å². The molecule has 2 aromatic heterocycles. The van der Waals surface area contributed by atoms with Crippen molar-refractivity contribution in [3.63, 3.8) is 0 Å². The number of alkyl halides is 6. The number of nitrogens with zero attached hydrogens (tertiary/aromatic N) is 5. The average Bonchev–Trinajstić information content (AvgIpc) is 3.45. The van der Waals surface area contributed by atoms with Crippen molar-refractivity contribution in [3.05, 3.63) is 30.5 Å². The zero-order valence-corrected chi connectivity index (χ0v) is 18.8. The number of carbonyl (C=O) groups is 1. The molecular formula is C20H21F6N7O4. The molecule has 2 heterocycles. The van der Waals surface area contributed by atoms with Crippen LogP contribution in [0, 0.1) is 0 Å². The number of nitrogens with one attached hydrogen (secondary N) is 1. The van der Waals surface area contributed by atoms with Crippen molar-refractivity contribution < 1.29 is 46.1 Å². The molecule has 0 atom stereocenters. The van der Waals surface area contributed by atoms with Crippen LogP contribution in [0.15, 0.2) is 30.5 Å². The van der Waals surface area contributed by atoms with E-state index in [2.05, 4.69) is 36.1 Å². The molecule has 3 aromatic rings. The normalized spacial score (nSPS) is 14.8. The van der Waals surface area contributed by atoms with Crippen molar-refractivity contribution in [1.29, 1.82) is 0 Å². The van der Waals surface area contributed by atoms with Crippen LogP contribution in [0.2, 0.25) is 0 Å². The first-order chi connectivity index (χ1) is 17.2. The Morgan fingerprint density at radius 1 is 1.11 bits per heavy atom. The Labute approximate surface area is 204 Å². The molecule has 11 nitrogen and oxygen atoms in total. The minimum atomic E-state index is -5.96. The molecule has 0 radical (unpaired) electrons. The van der Waals surface area contributed by atoms with Crippen molar-refractivity contribution in [3.8, 4) is 11.4 Å². The van der Waals surface area contributed by atoms with Crippen LogP contribution in [0.1, 0.15) is 25.7 Å². The monoisotopic (exact) mass is 537 g/mol. The van der Waals surface area contributed by atoms with Gasteiger partial charge in [-0.3, -0.25) is 0 Å². The van der Waals surface area contributed by atoms with Gasteiger partial charge in [0.05, 0.1) is 11.9 Å². The quantitative estimate of drug-likeness (QED) is 0.345. The Bertz CT molecular complexity index is 1190. The van der Waals surface area contributed by atoms with Gasteiger partial charge in [0.2, 0.25) is 5.95 Å². The molecule has 0 bridgehead atoms. The number of hydrogen-bond donors (Lipinski definition) is 4. The number of ether oxygens (including phenoxy) is 1. The lowest BCUT2D eigenvalue weighted by Crippen LogP contribution is -2.60. The molecule has 0 aliphatic heterocycles. The van der Waals surface area contributed by atoms with E-state index in [9.17, 15) is 31.4 Å². The van der Waals surface area contributed by atoms with Crippen molar-refractivity contribution in [2.45, 2.75) is 49.7 Å². The highest BCUT2D eigenvalue weighted by molar-refractivity contribution is 5.72. The van der Waals surface area contributed by atoms with E-state index in [1.165, 1.54) is 23.0 Å². The molecule has 202 valence electrons. The van der Waals surface area contributed by atoms with Gasteiger partial charge in [0, 0.05) is 6.04 Å². The fraction of sp³-hybridized carbons (Fsp3) is 0.450. The number of carboxylic acid groups (broad SMARTS) is 1. The third kappa shape index (κ3) is 6.46. The van der Waals surface area contributed by atoms with Crippen molar-refractivity contribution >= 4 is 23.2 Å². The predicted molar refractivity (Wildman–Crippen MR) is 115 cm³/mol. The summed E-state index contributed by atoms with van der Waals surface area (Å²) in [6.07, 6.45) is -7.50. The Hall–Kier alpha value is -3.89. The smallest absolute Gasteiger partial charge is 0.429 e. The second-order valence-electron chi connectivity index (χ2n) is 8.01. The predicted octanol–water partition coefficient (Wildman–Crippen LogP) is 3.42. The van der Waals surface area contributed by atoms with Gasteiger partial charge in [-0.15, -0.1) is 5.10 Å². The summed E-state index contributed by atoms with van der Waals surface area (Å²) in [7, 11) is 0. The number of halogens is 6. The molecule has 0 unspecified atom stereocenters. The Morgan fingerprint density at radius 3 is 2.22 bits per heavy atom. The largest absolute Gasteiger partial charge is 0.490 e. The van der Waals surface area contributed by atoms with Gasteiger partial charge in [0.1, 0.15) is 12.4 Å². The summed E-state index contributed by atoms with van der Waals surface area (Å²) in [5.41, 5.74) is 0.174. The summed E-state index contributed by atoms with van der Waals surface area (Å²) in [4.78, 5) is 17.4. The van der Waals surface area contributed by atoms with E-state index >= 15 is 0 Å². The third-order valence-electron chi connectivity index (χ3n) is 5.35. The van der Waals surface area contributed by atoms with Gasteiger partial charge in [0.25, 0.3) is 5.60 Å². The second-order valence-corrected chi connectivity index (χ2v) is 8.01. The SMILES string of the molecule is NC(=O)O.OC(COc1ccc(-n2nnc3cnc(NC4CCCC4)nc32)cc1)(C(F)(F)F)C(F)(F)F. The van der Waals surface area contributed by atoms with E-state index in [-0.39, 0.29) is 11.8 Å². The van der Waals surface area contributed by atoms with Crippen LogP contribution in [-0.2, 0) is 0 Å². The molecule has 1 aromatic carbocycles. The standard InChI is InChI=1S/C19H18F6N6O2.CH3NO2/c20-18(21,22)17(32,19(23,24)25)10-33-13-7-5-12(6-8-13)31-15-14(29-30-31)9-26-16(28-15)27-11-3-1-2-4-11;2-1(3)4/h5-9,11,32H,1-4,10H2,(H,26,27,28);2H2,(H,3,4). The molecule has 1 fully saturated rings. The highest BCUT2D eigenvalue weighted by Gasteiger charge is 2.71. The van der Waals surface area contributed by atoms with Gasteiger partial charge in [-0.05, 0) is 37.1 Å². The average molecular weight is 537 g/mol. The van der Waals surface area contributed by atoms with Gasteiger partial charge in [0.15, 0.2) is 11.2 Å². The summed E-state index contributed by atoms with van der Waals surface area (Å²) in [6.45, 7) is -2.05. The van der Waals surface area contributed by atoms with E-state index in [0.29, 0.717) is 22.8 Å². The van der Waals surface area contributed by atoms with Gasteiger partial charge >= 0.3 is 18.4 Å². The molecule has 0 spiro atoms. The van der Waals surface area contributed by atoms with E-state index in [1.807, 2.05) is 0 Å². The fourth-order valence-corrected chi connectivity index (χ4v) is 3.42. The van der Waals surface area contributed by atoms with Crippen LogP contribution in [0.3, 0.4) is 0 Å². The zero-order chi connectivity index (χ0) is 27.4. The number of benzene rings is 1. The number of primary amides is 1. The van der Waals surface area contributed by atoms with Gasteiger partial charge < -0.3 is 26.0 Å². The number of fused-ring (bicyclic) bond motifs is 1. The van der Waals surface area contributed by atoms with Crippen molar-refractivity contribution in [1.82, 2.24) is 25.0 Å². The molecule has 1 aliphatic carbocycles. The van der Waals surface area contributed by atoms with Crippen LogP contribution >= 0.6 is 0 Å². The lowest BCUT2D eigenvalue weighted by molar-refractivity contribution is -0.373. The molecule has 37 heavy (non-hydrogen) atoms. The first-order valence-electron chi connectivity index (χ1n) is 10.6. The molecule has 5 N–H and O–H groups in total. The topological polar surface area (TPSA) is 161 Å². The van der Waals surface area contributed by atoms with Crippen molar-refractivity contribution in [2.24, 2.45) is 5.73 Å². The summed E-state index contributed by atoms with van der Waals surface area (Å²) in [5, 5.41) is 27.6. The van der Waals surface area contributed by atoms with Crippen LogP contribution in [-0.4, -0.2) is 71.9 Å². The van der Waals surface area contributed by atoms with Crippen LogP contribution in [0.4, 0.5) is 37.1 Å². The number of rotatable bonds is 6. The summed E-state index contributed by atoms with van der Waals surface area (Å²) >= 11 is 0. The number of hydrogen-bond acceptors (Lipinski definition) is 8. The van der Waals surface area contributed by atoms with Crippen LogP contribution < -0.4 is 15.8 Å². The number of amides is 1. The highest BCUT2D eigenvalue weighted by atomic mass is 19.4. The molecule has 1 aliphatic rings. The lowest BCUT2D eigenvalue weighted by Gasteiger charge is -2.31. The Kier molecular flexibility index (Phi) is 7.94. The third-order valence-corrected chi connectivity index (χ3v) is 5.35. The number of nitrogens with two attached hydrogens (primary N) is 1. The molecule has 1 amide bonds. The number of aliphatic hydroxyl groups is 1. The zero-order valence-electron chi connectivity index (χ0n) is 18.8. The molecule has 17 heteroatoms. The minimum absolute atomic E-state index is 0.273. The van der Waals surface area contributed by atoms with E-state index in [4.69, 9.17) is 9.90 Å². The molecular weight excluding hydrogens is 516 g/mol.